The van der Waals surface area contributed by atoms with Crippen LogP contribution in [0, 0.1) is 0 Å². The first-order valence-corrected chi connectivity index (χ1v) is 6.47. The highest BCUT2D eigenvalue weighted by Crippen LogP contribution is 2.26. The van der Waals surface area contributed by atoms with Gasteiger partial charge in [0.25, 0.3) is 0 Å². The Morgan fingerprint density at radius 1 is 1.06 bits per heavy atom. The molecule has 88 valence electrons. The quantitative estimate of drug-likeness (QED) is 0.768. The second kappa shape index (κ2) is 4.98. The van der Waals surface area contributed by atoms with Crippen molar-refractivity contribution >= 4 is 22.8 Å². The molecule has 3 nitrogen and oxygen atoms in total. The number of nitrogens with zero attached hydrogens (tertiary/aromatic N) is 2. The third kappa shape index (κ3) is 2.38. The van der Waals surface area contributed by atoms with Gasteiger partial charge in [-0.1, -0.05) is 18.2 Å². The lowest BCUT2D eigenvalue weighted by Gasteiger charge is -2.06. The van der Waals surface area contributed by atoms with Crippen molar-refractivity contribution in [3.8, 4) is 10.4 Å². The summed E-state index contributed by atoms with van der Waals surface area (Å²) >= 11 is 1.64. The highest BCUT2D eigenvalue weighted by molar-refractivity contribution is 7.13. The predicted molar refractivity (Wildman–Crippen MR) is 75.1 cm³/mol. The molecule has 0 unspecified atom stereocenters. The summed E-state index contributed by atoms with van der Waals surface area (Å²) < 4.78 is 0. The number of benzene rings is 1. The number of hydrogen-bond donors (Lipinski definition) is 1. The standard InChI is InChI=1S/C14H11N3S/c1-2-7-16-14(6-1)17-12-5-3-4-11(8-12)13-9-15-10-18-13/h1-10H,(H,16,17). The van der Waals surface area contributed by atoms with E-state index in [1.165, 1.54) is 10.4 Å². The summed E-state index contributed by atoms with van der Waals surface area (Å²) in [5, 5.41) is 3.28. The molecule has 3 aromatic rings. The molecule has 0 bridgehead atoms. The molecule has 0 aliphatic heterocycles. The average Bonchev–Trinajstić information content (AvgIpc) is 2.94. The van der Waals surface area contributed by atoms with Crippen LogP contribution >= 0.6 is 11.3 Å². The number of pyridine rings is 1. The number of rotatable bonds is 3. The Kier molecular flexibility index (Phi) is 3.02. The molecule has 0 amide bonds. The fraction of sp³-hybridized carbons (Fsp3) is 0. The zero-order valence-electron chi connectivity index (χ0n) is 9.58. The molecule has 0 spiro atoms. The van der Waals surface area contributed by atoms with E-state index in [-0.39, 0.29) is 0 Å². The normalized spacial score (nSPS) is 10.2. The molecule has 2 heterocycles. The third-order valence-electron chi connectivity index (χ3n) is 2.52. The minimum atomic E-state index is 0.846. The number of hydrogen-bond acceptors (Lipinski definition) is 4. The first-order chi connectivity index (χ1) is 8.92. The Labute approximate surface area is 109 Å². The molecule has 18 heavy (non-hydrogen) atoms. The number of nitrogens with one attached hydrogen (secondary N) is 1. The molecule has 1 aromatic carbocycles. The summed E-state index contributed by atoms with van der Waals surface area (Å²) in [6.07, 6.45) is 3.65. The molecular weight excluding hydrogens is 242 g/mol. The van der Waals surface area contributed by atoms with Crippen LogP contribution in [0.4, 0.5) is 11.5 Å². The van der Waals surface area contributed by atoms with E-state index in [2.05, 4.69) is 27.4 Å². The van der Waals surface area contributed by atoms with Crippen LogP contribution in [0.2, 0.25) is 0 Å². The molecule has 0 saturated heterocycles. The fourth-order valence-corrected chi connectivity index (χ4v) is 2.31. The lowest BCUT2D eigenvalue weighted by Crippen LogP contribution is -1.92. The van der Waals surface area contributed by atoms with E-state index >= 15 is 0 Å². The van der Waals surface area contributed by atoms with Crippen molar-refractivity contribution in [2.45, 2.75) is 0 Å². The minimum Gasteiger partial charge on any atom is -0.340 e. The predicted octanol–water partition coefficient (Wildman–Crippen LogP) is 3.95. The van der Waals surface area contributed by atoms with E-state index in [0.717, 1.165) is 11.5 Å². The van der Waals surface area contributed by atoms with Gasteiger partial charge in [-0.25, -0.2) is 4.98 Å². The van der Waals surface area contributed by atoms with Crippen LogP contribution < -0.4 is 5.32 Å². The van der Waals surface area contributed by atoms with Gasteiger partial charge in [0.2, 0.25) is 0 Å². The number of thiazole rings is 1. The lowest BCUT2D eigenvalue weighted by molar-refractivity contribution is 1.31. The van der Waals surface area contributed by atoms with Crippen molar-refractivity contribution in [1.82, 2.24) is 9.97 Å². The van der Waals surface area contributed by atoms with Gasteiger partial charge < -0.3 is 5.32 Å². The molecule has 0 saturated carbocycles. The monoisotopic (exact) mass is 253 g/mol. The fourth-order valence-electron chi connectivity index (χ4n) is 1.69. The largest absolute Gasteiger partial charge is 0.340 e. The molecule has 4 heteroatoms. The zero-order valence-corrected chi connectivity index (χ0v) is 10.4. The van der Waals surface area contributed by atoms with Crippen LogP contribution in [0.5, 0.6) is 0 Å². The molecule has 3 rings (SSSR count). The van der Waals surface area contributed by atoms with Gasteiger partial charge >= 0.3 is 0 Å². The van der Waals surface area contributed by atoms with Gasteiger partial charge in [-0.05, 0) is 29.8 Å². The molecule has 2 aromatic heterocycles. The van der Waals surface area contributed by atoms with Gasteiger partial charge in [0.05, 0.1) is 10.4 Å². The minimum absolute atomic E-state index is 0.846. The summed E-state index contributed by atoms with van der Waals surface area (Å²) in [6, 6.07) is 14.0. The summed E-state index contributed by atoms with van der Waals surface area (Å²) in [6.45, 7) is 0. The maximum Gasteiger partial charge on any atom is 0.130 e. The first kappa shape index (κ1) is 10.9. The molecule has 0 fully saturated rings. The SMILES string of the molecule is c1ccc(Nc2cccc(-c3cncs3)c2)nc1. The lowest BCUT2D eigenvalue weighted by atomic mass is 10.2. The third-order valence-corrected chi connectivity index (χ3v) is 3.34. The van der Waals surface area contributed by atoms with Crippen molar-refractivity contribution in [2.75, 3.05) is 5.32 Å². The summed E-state index contributed by atoms with van der Waals surface area (Å²) in [7, 11) is 0. The van der Waals surface area contributed by atoms with E-state index < -0.39 is 0 Å². The van der Waals surface area contributed by atoms with E-state index in [0.29, 0.717) is 0 Å². The van der Waals surface area contributed by atoms with E-state index in [1.807, 2.05) is 42.0 Å². The average molecular weight is 253 g/mol. The Morgan fingerprint density at radius 3 is 2.83 bits per heavy atom. The maximum atomic E-state index is 4.25. The highest BCUT2D eigenvalue weighted by atomic mass is 32.1. The molecule has 0 radical (unpaired) electrons. The van der Waals surface area contributed by atoms with Crippen LogP contribution in [-0.2, 0) is 0 Å². The van der Waals surface area contributed by atoms with Gasteiger partial charge in [-0.3, -0.25) is 4.98 Å². The zero-order chi connectivity index (χ0) is 12.2. The molecular formula is C14H11N3S. The van der Waals surface area contributed by atoms with E-state index in [1.54, 1.807) is 17.5 Å². The van der Waals surface area contributed by atoms with Gasteiger partial charge in [0, 0.05) is 18.1 Å². The van der Waals surface area contributed by atoms with Gasteiger partial charge in [0.15, 0.2) is 0 Å². The smallest absolute Gasteiger partial charge is 0.130 e. The summed E-state index contributed by atoms with van der Waals surface area (Å²) in [5.74, 6) is 0.846. The Hall–Kier alpha value is -2.20. The van der Waals surface area contributed by atoms with Crippen LogP contribution in [0.1, 0.15) is 0 Å². The van der Waals surface area contributed by atoms with E-state index in [9.17, 15) is 0 Å². The first-order valence-electron chi connectivity index (χ1n) is 5.59. The highest BCUT2D eigenvalue weighted by Gasteiger charge is 2.01. The van der Waals surface area contributed by atoms with Crippen LogP contribution in [-0.4, -0.2) is 9.97 Å². The molecule has 0 aliphatic rings. The maximum absolute atomic E-state index is 4.25. The second-order valence-electron chi connectivity index (χ2n) is 3.79. The topological polar surface area (TPSA) is 37.8 Å². The molecule has 1 N–H and O–H groups in total. The number of aromatic nitrogens is 2. The van der Waals surface area contributed by atoms with Gasteiger partial charge in [-0.15, -0.1) is 11.3 Å². The van der Waals surface area contributed by atoms with Gasteiger partial charge in [0.1, 0.15) is 5.82 Å². The van der Waals surface area contributed by atoms with Crippen LogP contribution in [0.15, 0.2) is 60.4 Å². The Morgan fingerprint density at radius 2 is 2.06 bits per heavy atom. The van der Waals surface area contributed by atoms with Crippen molar-refractivity contribution in [1.29, 1.82) is 0 Å². The summed E-state index contributed by atoms with van der Waals surface area (Å²) in [5.41, 5.74) is 4.03. The van der Waals surface area contributed by atoms with Crippen LogP contribution in [0.3, 0.4) is 0 Å². The molecule has 0 aliphatic carbocycles. The van der Waals surface area contributed by atoms with E-state index in [4.69, 9.17) is 0 Å². The van der Waals surface area contributed by atoms with Crippen molar-refractivity contribution in [3.63, 3.8) is 0 Å². The van der Waals surface area contributed by atoms with Crippen molar-refractivity contribution < 1.29 is 0 Å². The number of anilines is 2. The Balaban J connectivity index is 1.88. The molecule has 0 atom stereocenters. The van der Waals surface area contributed by atoms with Crippen molar-refractivity contribution in [2.24, 2.45) is 0 Å². The Bertz CT molecular complexity index is 621. The van der Waals surface area contributed by atoms with Gasteiger partial charge in [-0.2, -0.15) is 0 Å². The van der Waals surface area contributed by atoms with Crippen molar-refractivity contribution in [3.05, 3.63) is 60.4 Å². The van der Waals surface area contributed by atoms with Crippen LogP contribution in [0.25, 0.3) is 10.4 Å². The summed E-state index contributed by atoms with van der Waals surface area (Å²) in [4.78, 5) is 9.51. The second-order valence-corrected chi connectivity index (χ2v) is 4.67.